The maximum absolute atomic E-state index is 11.3. The van der Waals surface area contributed by atoms with Gasteiger partial charge in [0.1, 0.15) is 0 Å². The lowest BCUT2D eigenvalue weighted by Crippen LogP contribution is -2.06. The fraction of sp³-hybridized carbons (Fsp3) is 0.333. The summed E-state index contributed by atoms with van der Waals surface area (Å²) in [4.78, 5) is 20.7. The SMILES string of the molecule is [CH2]CCCCOOC(=O)c1ccccc1. The van der Waals surface area contributed by atoms with E-state index in [1.54, 1.807) is 24.3 Å². The van der Waals surface area contributed by atoms with Gasteiger partial charge in [0.25, 0.3) is 0 Å². The fourth-order valence-electron chi connectivity index (χ4n) is 1.06. The van der Waals surface area contributed by atoms with E-state index in [-0.39, 0.29) is 0 Å². The molecule has 0 N–H and O–H groups in total. The zero-order chi connectivity index (χ0) is 10.9. The quantitative estimate of drug-likeness (QED) is 0.409. The van der Waals surface area contributed by atoms with Crippen molar-refractivity contribution in [3.63, 3.8) is 0 Å². The summed E-state index contributed by atoms with van der Waals surface area (Å²) in [7, 11) is 0. The minimum atomic E-state index is -0.453. The van der Waals surface area contributed by atoms with Crippen LogP contribution in [0.25, 0.3) is 0 Å². The summed E-state index contributed by atoms with van der Waals surface area (Å²) in [6.07, 6.45) is 2.70. The van der Waals surface area contributed by atoms with Crippen LogP contribution in [0.4, 0.5) is 0 Å². The molecular formula is C12H15O3. The van der Waals surface area contributed by atoms with Crippen molar-refractivity contribution in [1.29, 1.82) is 0 Å². The molecule has 0 atom stereocenters. The maximum atomic E-state index is 11.3. The Morgan fingerprint density at radius 1 is 1.20 bits per heavy atom. The van der Waals surface area contributed by atoms with Gasteiger partial charge in [0.15, 0.2) is 0 Å². The van der Waals surface area contributed by atoms with Crippen LogP contribution in [0.1, 0.15) is 29.6 Å². The van der Waals surface area contributed by atoms with Crippen molar-refractivity contribution in [3.8, 4) is 0 Å². The zero-order valence-electron chi connectivity index (χ0n) is 8.65. The number of unbranched alkanes of at least 4 members (excludes halogenated alkanes) is 2. The topological polar surface area (TPSA) is 35.5 Å². The molecule has 3 heteroatoms. The number of carbonyl (C=O) groups is 1. The number of benzene rings is 1. The lowest BCUT2D eigenvalue weighted by molar-refractivity contribution is -0.241. The fourth-order valence-corrected chi connectivity index (χ4v) is 1.06. The minimum Gasteiger partial charge on any atom is -0.293 e. The van der Waals surface area contributed by atoms with Crippen molar-refractivity contribution in [2.45, 2.75) is 19.3 Å². The van der Waals surface area contributed by atoms with Gasteiger partial charge < -0.3 is 0 Å². The predicted octanol–water partition coefficient (Wildman–Crippen LogP) is 2.78. The van der Waals surface area contributed by atoms with Crippen molar-refractivity contribution in [2.24, 2.45) is 0 Å². The third-order valence-corrected chi connectivity index (χ3v) is 1.87. The van der Waals surface area contributed by atoms with E-state index in [4.69, 9.17) is 4.89 Å². The summed E-state index contributed by atoms with van der Waals surface area (Å²) in [6, 6.07) is 8.76. The van der Waals surface area contributed by atoms with Gasteiger partial charge in [-0.15, -0.1) is 0 Å². The Balaban J connectivity index is 2.20. The first kappa shape index (κ1) is 11.7. The van der Waals surface area contributed by atoms with E-state index in [1.807, 2.05) is 6.07 Å². The molecule has 0 unspecified atom stereocenters. The summed E-state index contributed by atoms with van der Waals surface area (Å²) in [6.45, 7) is 4.13. The number of hydrogen-bond acceptors (Lipinski definition) is 3. The van der Waals surface area contributed by atoms with E-state index in [0.717, 1.165) is 19.3 Å². The van der Waals surface area contributed by atoms with E-state index < -0.39 is 5.97 Å². The van der Waals surface area contributed by atoms with Crippen LogP contribution in [0, 0.1) is 6.92 Å². The Kier molecular flexibility index (Phi) is 5.48. The second kappa shape index (κ2) is 7.01. The highest BCUT2D eigenvalue weighted by Gasteiger charge is 2.06. The van der Waals surface area contributed by atoms with E-state index in [1.165, 1.54) is 0 Å². The van der Waals surface area contributed by atoms with Gasteiger partial charge in [-0.2, -0.15) is 4.89 Å². The molecule has 0 heterocycles. The molecule has 0 amide bonds. The smallest absolute Gasteiger partial charge is 0.293 e. The van der Waals surface area contributed by atoms with Crippen molar-refractivity contribution in [2.75, 3.05) is 6.61 Å². The molecule has 3 nitrogen and oxygen atoms in total. The first-order valence-electron chi connectivity index (χ1n) is 5.02. The van der Waals surface area contributed by atoms with Gasteiger partial charge in [-0.1, -0.05) is 38.0 Å². The molecule has 0 aliphatic carbocycles. The maximum Gasteiger partial charge on any atom is 0.373 e. The molecule has 0 bridgehead atoms. The van der Waals surface area contributed by atoms with Crippen LogP contribution in [-0.4, -0.2) is 12.6 Å². The van der Waals surface area contributed by atoms with Gasteiger partial charge in [-0.05, 0) is 18.6 Å². The first-order valence-corrected chi connectivity index (χ1v) is 5.02. The van der Waals surface area contributed by atoms with Crippen molar-refractivity contribution in [1.82, 2.24) is 0 Å². The molecule has 1 aromatic rings. The van der Waals surface area contributed by atoms with Gasteiger partial charge in [-0.25, -0.2) is 4.79 Å². The van der Waals surface area contributed by atoms with Crippen LogP contribution in [0.3, 0.4) is 0 Å². The molecule has 0 fully saturated rings. The largest absolute Gasteiger partial charge is 0.373 e. The van der Waals surface area contributed by atoms with Crippen LogP contribution in [0.5, 0.6) is 0 Å². The first-order chi connectivity index (χ1) is 7.34. The highest BCUT2D eigenvalue weighted by molar-refractivity contribution is 5.88. The number of rotatable bonds is 6. The Morgan fingerprint density at radius 2 is 1.93 bits per heavy atom. The molecule has 0 saturated heterocycles. The Hall–Kier alpha value is -1.35. The van der Waals surface area contributed by atoms with E-state index in [0.29, 0.717) is 12.2 Å². The van der Waals surface area contributed by atoms with Crippen LogP contribution >= 0.6 is 0 Å². The normalized spacial score (nSPS) is 9.93. The molecule has 0 saturated carbocycles. The average molecular weight is 207 g/mol. The van der Waals surface area contributed by atoms with Gasteiger partial charge in [0.2, 0.25) is 0 Å². The van der Waals surface area contributed by atoms with Crippen LogP contribution in [0.15, 0.2) is 30.3 Å². The summed E-state index contributed by atoms with van der Waals surface area (Å²) < 4.78 is 0. The molecule has 81 valence electrons. The Labute approximate surface area is 89.9 Å². The van der Waals surface area contributed by atoms with Crippen molar-refractivity contribution >= 4 is 5.97 Å². The van der Waals surface area contributed by atoms with Gasteiger partial charge in [0.05, 0.1) is 12.2 Å². The van der Waals surface area contributed by atoms with Crippen LogP contribution in [-0.2, 0) is 9.78 Å². The molecule has 15 heavy (non-hydrogen) atoms. The van der Waals surface area contributed by atoms with Gasteiger partial charge in [-0.3, -0.25) is 4.89 Å². The highest BCUT2D eigenvalue weighted by atomic mass is 17.2. The Morgan fingerprint density at radius 3 is 2.60 bits per heavy atom. The average Bonchev–Trinajstić information content (AvgIpc) is 2.30. The van der Waals surface area contributed by atoms with E-state index in [9.17, 15) is 4.79 Å². The van der Waals surface area contributed by atoms with Crippen LogP contribution < -0.4 is 0 Å². The molecule has 1 radical (unpaired) electrons. The number of hydrogen-bond donors (Lipinski definition) is 0. The standard InChI is InChI=1S/C12H15O3/c1-2-3-7-10-14-15-12(13)11-8-5-4-6-9-11/h4-6,8-9H,1-3,7,10H2. The molecular weight excluding hydrogens is 192 g/mol. The summed E-state index contributed by atoms with van der Waals surface area (Å²) in [5.74, 6) is -0.453. The summed E-state index contributed by atoms with van der Waals surface area (Å²) in [5.41, 5.74) is 0.495. The second-order valence-corrected chi connectivity index (χ2v) is 3.12. The van der Waals surface area contributed by atoms with E-state index >= 15 is 0 Å². The molecule has 0 aliphatic rings. The number of carbonyl (C=O) groups excluding carboxylic acids is 1. The molecule has 1 rings (SSSR count). The molecule has 0 aromatic heterocycles. The van der Waals surface area contributed by atoms with Gasteiger partial charge in [0, 0.05) is 0 Å². The van der Waals surface area contributed by atoms with Crippen molar-refractivity contribution in [3.05, 3.63) is 42.8 Å². The third kappa shape index (κ3) is 4.61. The zero-order valence-corrected chi connectivity index (χ0v) is 8.65. The monoisotopic (exact) mass is 207 g/mol. The minimum absolute atomic E-state index is 0.425. The lowest BCUT2D eigenvalue weighted by Gasteiger charge is -2.02. The Bertz CT molecular complexity index is 282. The molecule has 0 spiro atoms. The van der Waals surface area contributed by atoms with E-state index in [2.05, 4.69) is 11.8 Å². The summed E-state index contributed by atoms with van der Waals surface area (Å²) >= 11 is 0. The highest BCUT2D eigenvalue weighted by Crippen LogP contribution is 2.02. The predicted molar refractivity (Wildman–Crippen MR) is 57.0 cm³/mol. The third-order valence-electron chi connectivity index (χ3n) is 1.87. The summed E-state index contributed by atoms with van der Waals surface area (Å²) in [5, 5.41) is 0. The molecule has 1 aromatic carbocycles. The molecule has 0 aliphatic heterocycles. The van der Waals surface area contributed by atoms with Gasteiger partial charge >= 0.3 is 5.97 Å². The van der Waals surface area contributed by atoms with Crippen molar-refractivity contribution < 1.29 is 14.6 Å². The second-order valence-electron chi connectivity index (χ2n) is 3.12. The lowest BCUT2D eigenvalue weighted by atomic mass is 10.2. The van der Waals surface area contributed by atoms with Crippen LogP contribution in [0.2, 0.25) is 0 Å².